The normalized spacial score (nSPS) is 9.95. The van der Waals surface area contributed by atoms with Crippen molar-refractivity contribution in [2.45, 2.75) is 39.0 Å². The van der Waals surface area contributed by atoms with Crippen molar-refractivity contribution in [1.82, 2.24) is 0 Å². The molecule has 0 aromatic heterocycles. The van der Waals surface area contributed by atoms with Gasteiger partial charge in [-0.2, -0.15) is 0 Å². The Labute approximate surface area is 123 Å². The molecule has 21 heavy (non-hydrogen) atoms. The molecule has 6 heteroatoms. The number of carbonyl (C=O) groups is 2. The number of hydrogen-bond acceptors (Lipinski definition) is 6. The van der Waals surface area contributed by atoms with Gasteiger partial charge in [-0.15, -0.1) is 0 Å². The van der Waals surface area contributed by atoms with E-state index in [4.69, 9.17) is 4.74 Å². The SMILES string of the molecule is CCCCCCCOC(=O)OOOC(=O)c1ccccc1. The molecular weight excluding hydrogens is 276 g/mol. The Morgan fingerprint density at radius 3 is 2.38 bits per heavy atom. The molecule has 0 radical (unpaired) electrons. The van der Waals surface area contributed by atoms with Crippen LogP contribution in [0, 0.1) is 0 Å². The van der Waals surface area contributed by atoms with Crippen LogP contribution in [0.25, 0.3) is 0 Å². The summed E-state index contributed by atoms with van der Waals surface area (Å²) in [5.74, 6) is -0.761. The van der Waals surface area contributed by atoms with Gasteiger partial charge in [-0.1, -0.05) is 50.8 Å². The van der Waals surface area contributed by atoms with Crippen LogP contribution in [-0.2, 0) is 19.6 Å². The summed E-state index contributed by atoms with van der Waals surface area (Å²) in [6, 6.07) is 8.18. The largest absolute Gasteiger partial charge is 0.543 e. The standard InChI is InChI=1S/C15H20O6/c1-2-3-4-5-9-12-18-15(17)20-21-19-14(16)13-10-7-6-8-11-13/h6-8,10-11H,2-5,9,12H2,1H3. The van der Waals surface area contributed by atoms with Gasteiger partial charge >= 0.3 is 12.1 Å². The highest BCUT2D eigenvalue weighted by Gasteiger charge is 2.11. The molecule has 0 fully saturated rings. The highest BCUT2D eigenvalue weighted by molar-refractivity contribution is 5.88. The van der Waals surface area contributed by atoms with Crippen molar-refractivity contribution in [3.05, 3.63) is 35.9 Å². The molecule has 1 aromatic carbocycles. The van der Waals surface area contributed by atoms with Crippen LogP contribution in [0.4, 0.5) is 4.79 Å². The van der Waals surface area contributed by atoms with Crippen LogP contribution in [0.2, 0.25) is 0 Å². The van der Waals surface area contributed by atoms with Crippen LogP contribution < -0.4 is 0 Å². The van der Waals surface area contributed by atoms with E-state index < -0.39 is 12.1 Å². The van der Waals surface area contributed by atoms with E-state index in [1.165, 1.54) is 6.42 Å². The Balaban J connectivity index is 2.04. The predicted octanol–water partition coefficient (Wildman–Crippen LogP) is 3.81. The highest BCUT2D eigenvalue weighted by Crippen LogP contribution is 2.04. The molecule has 0 amide bonds. The average Bonchev–Trinajstić information content (AvgIpc) is 2.51. The van der Waals surface area contributed by atoms with Gasteiger partial charge in [0.05, 0.1) is 17.2 Å². The number of rotatable bonds is 9. The average molecular weight is 296 g/mol. The topological polar surface area (TPSA) is 71.1 Å². The minimum atomic E-state index is -1.04. The minimum Gasteiger partial charge on any atom is -0.432 e. The zero-order valence-corrected chi connectivity index (χ0v) is 12.1. The first-order valence-corrected chi connectivity index (χ1v) is 7.01. The number of hydrogen-bond donors (Lipinski definition) is 0. The molecule has 0 aliphatic heterocycles. The first-order valence-electron chi connectivity index (χ1n) is 7.01. The van der Waals surface area contributed by atoms with Gasteiger partial charge in [-0.3, -0.25) is 4.89 Å². The molecule has 0 heterocycles. The maximum absolute atomic E-state index is 11.4. The Morgan fingerprint density at radius 1 is 0.952 bits per heavy atom. The van der Waals surface area contributed by atoms with Crippen LogP contribution in [-0.4, -0.2) is 18.7 Å². The quantitative estimate of drug-likeness (QED) is 0.298. The molecule has 0 unspecified atom stereocenters. The fraction of sp³-hybridized carbons (Fsp3) is 0.467. The Bertz CT molecular complexity index is 417. The minimum absolute atomic E-state index is 0.249. The van der Waals surface area contributed by atoms with Gasteiger partial charge in [0.15, 0.2) is 0 Å². The fourth-order valence-corrected chi connectivity index (χ4v) is 1.58. The van der Waals surface area contributed by atoms with Crippen molar-refractivity contribution < 1.29 is 29.1 Å². The van der Waals surface area contributed by atoms with Gasteiger partial charge in [0, 0.05) is 0 Å². The monoisotopic (exact) mass is 296 g/mol. The van der Waals surface area contributed by atoms with Crippen LogP contribution in [0.3, 0.4) is 0 Å². The van der Waals surface area contributed by atoms with Crippen LogP contribution in [0.15, 0.2) is 30.3 Å². The summed E-state index contributed by atoms with van der Waals surface area (Å²) < 4.78 is 4.73. The third-order valence-corrected chi connectivity index (χ3v) is 2.69. The third kappa shape index (κ3) is 7.94. The number of benzene rings is 1. The maximum atomic E-state index is 11.4. The second kappa shape index (κ2) is 10.7. The van der Waals surface area contributed by atoms with Crippen LogP contribution in [0.1, 0.15) is 49.4 Å². The van der Waals surface area contributed by atoms with E-state index in [2.05, 4.69) is 21.7 Å². The first-order chi connectivity index (χ1) is 10.2. The molecule has 1 aromatic rings. The molecule has 0 N–H and O–H groups in total. The molecule has 0 atom stereocenters. The van der Waals surface area contributed by atoms with Crippen molar-refractivity contribution in [2.24, 2.45) is 0 Å². The Hall–Kier alpha value is -2.08. The second-order valence-electron chi connectivity index (χ2n) is 4.40. The lowest BCUT2D eigenvalue weighted by Crippen LogP contribution is -2.12. The van der Waals surface area contributed by atoms with Crippen LogP contribution in [0.5, 0.6) is 0 Å². The summed E-state index contributed by atoms with van der Waals surface area (Å²) in [7, 11) is 0. The third-order valence-electron chi connectivity index (χ3n) is 2.69. The Morgan fingerprint density at radius 2 is 1.67 bits per heavy atom. The van der Waals surface area contributed by atoms with E-state index in [-0.39, 0.29) is 12.2 Å². The number of ether oxygens (including phenoxy) is 1. The molecule has 0 aliphatic carbocycles. The summed E-state index contributed by atoms with van der Waals surface area (Å²) in [6.45, 7) is 2.38. The lowest BCUT2D eigenvalue weighted by Gasteiger charge is -2.04. The molecule has 1 rings (SSSR count). The molecule has 116 valence electrons. The second-order valence-corrected chi connectivity index (χ2v) is 4.40. The molecule has 6 nitrogen and oxygen atoms in total. The molecule has 0 saturated carbocycles. The molecule has 0 aliphatic rings. The van der Waals surface area contributed by atoms with Gasteiger partial charge in [0.25, 0.3) is 0 Å². The zero-order chi connectivity index (χ0) is 15.3. The summed E-state index contributed by atoms with van der Waals surface area (Å²) in [5, 5.41) is 4.08. The number of carbonyl (C=O) groups excluding carboxylic acids is 2. The molecule has 0 saturated heterocycles. The summed E-state index contributed by atoms with van der Waals surface area (Å²) in [5.41, 5.74) is 0.283. The molecule has 0 spiro atoms. The van der Waals surface area contributed by atoms with Crippen molar-refractivity contribution in [3.8, 4) is 0 Å². The van der Waals surface area contributed by atoms with Gasteiger partial charge in [-0.25, -0.2) is 14.5 Å². The molecule has 0 bridgehead atoms. The van der Waals surface area contributed by atoms with E-state index in [0.29, 0.717) is 0 Å². The van der Waals surface area contributed by atoms with E-state index >= 15 is 0 Å². The first kappa shape index (κ1) is 17.0. The van der Waals surface area contributed by atoms with Gasteiger partial charge in [-0.05, 0) is 18.6 Å². The van der Waals surface area contributed by atoms with Crippen molar-refractivity contribution in [2.75, 3.05) is 6.61 Å². The predicted molar refractivity (Wildman–Crippen MR) is 74.1 cm³/mol. The molecular formula is C15H20O6. The van der Waals surface area contributed by atoms with E-state index in [1.54, 1.807) is 30.3 Å². The summed E-state index contributed by atoms with van der Waals surface area (Å²) >= 11 is 0. The van der Waals surface area contributed by atoms with E-state index in [0.717, 1.165) is 25.7 Å². The maximum Gasteiger partial charge on any atom is 0.543 e. The summed E-state index contributed by atoms with van der Waals surface area (Å²) in [4.78, 5) is 31.0. The van der Waals surface area contributed by atoms with Crippen molar-refractivity contribution in [3.63, 3.8) is 0 Å². The smallest absolute Gasteiger partial charge is 0.432 e. The Kier molecular flexibility index (Phi) is 8.63. The lowest BCUT2D eigenvalue weighted by atomic mass is 10.2. The zero-order valence-electron chi connectivity index (χ0n) is 12.1. The van der Waals surface area contributed by atoms with E-state index in [9.17, 15) is 9.59 Å². The van der Waals surface area contributed by atoms with Crippen molar-refractivity contribution in [1.29, 1.82) is 0 Å². The van der Waals surface area contributed by atoms with Crippen LogP contribution >= 0.6 is 0 Å². The highest BCUT2D eigenvalue weighted by atomic mass is 17.5. The fourth-order valence-electron chi connectivity index (χ4n) is 1.58. The van der Waals surface area contributed by atoms with Crippen molar-refractivity contribution >= 4 is 12.1 Å². The van der Waals surface area contributed by atoms with Gasteiger partial charge in [0.1, 0.15) is 0 Å². The van der Waals surface area contributed by atoms with Gasteiger partial charge < -0.3 is 4.74 Å². The lowest BCUT2D eigenvalue weighted by molar-refractivity contribution is -0.452. The van der Waals surface area contributed by atoms with Gasteiger partial charge in [0.2, 0.25) is 0 Å². The number of unbranched alkanes of at least 4 members (excludes halogenated alkanes) is 4. The summed E-state index contributed by atoms with van der Waals surface area (Å²) in [6.07, 6.45) is 4.16. The van der Waals surface area contributed by atoms with E-state index in [1.807, 2.05) is 0 Å².